The van der Waals surface area contributed by atoms with Crippen LogP contribution in [-0.4, -0.2) is 21.5 Å². The van der Waals surface area contributed by atoms with Gasteiger partial charge in [0.25, 0.3) is 0 Å². The second kappa shape index (κ2) is 6.44. The summed E-state index contributed by atoms with van der Waals surface area (Å²) in [7, 11) is 4.14. The van der Waals surface area contributed by atoms with Crippen LogP contribution >= 0.6 is 0 Å². The third kappa shape index (κ3) is 2.58. The Kier molecular flexibility index (Phi) is 4.18. The Morgan fingerprint density at radius 2 is 1.46 bits per heavy atom. The Bertz CT molecular complexity index is 1120. The molecule has 28 heavy (non-hydrogen) atoms. The van der Waals surface area contributed by atoms with Crippen LogP contribution in [0.15, 0.2) is 65.3 Å². The third-order valence-electron chi connectivity index (χ3n) is 6.05. The van der Waals surface area contributed by atoms with Crippen molar-refractivity contribution in [3.05, 3.63) is 65.3 Å². The molecule has 3 aromatic rings. The number of aromatic nitrogens is 2. The van der Waals surface area contributed by atoms with Crippen LogP contribution in [0.1, 0.15) is 27.7 Å². The van der Waals surface area contributed by atoms with Gasteiger partial charge in [-0.25, -0.2) is 4.98 Å². The summed E-state index contributed by atoms with van der Waals surface area (Å²) < 4.78 is 2.10. The number of imidazole rings is 1. The number of hydrogen-bond acceptors (Lipinski definition) is 4. The van der Waals surface area contributed by atoms with E-state index in [2.05, 4.69) is 67.3 Å². The molecule has 0 spiro atoms. The number of aryl methyl sites for hydroxylation is 1. The number of fused-ring (bicyclic) bond motifs is 1. The second-order valence-corrected chi connectivity index (χ2v) is 7.49. The normalized spacial score (nSPS) is 15.2. The largest absolute Gasteiger partial charge is 0.398 e. The van der Waals surface area contributed by atoms with E-state index in [0.29, 0.717) is 0 Å². The van der Waals surface area contributed by atoms with E-state index in [4.69, 9.17) is 10.7 Å². The van der Waals surface area contributed by atoms with Crippen LogP contribution in [0.5, 0.6) is 0 Å². The molecule has 0 amide bonds. The first-order valence-corrected chi connectivity index (χ1v) is 9.51. The predicted molar refractivity (Wildman–Crippen MR) is 118 cm³/mol. The Balaban J connectivity index is 1.81. The van der Waals surface area contributed by atoms with E-state index < -0.39 is 0 Å². The van der Waals surface area contributed by atoms with Crippen molar-refractivity contribution in [1.29, 1.82) is 0 Å². The van der Waals surface area contributed by atoms with E-state index in [0.717, 1.165) is 33.8 Å². The van der Waals surface area contributed by atoms with Crippen molar-refractivity contribution in [2.24, 2.45) is 7.05 Å². The summed E-state index contributed by atoms with van der Waals surface area (Å²) >= 11 is 0. The lowest BCUT2D eigenvalue weighted by Gasteiger charge is -2.38. The van der Waals surface area contributed by atoms with Crippen LogP contribution in [0.4, 0.5) is 11.4 Å². The SMILES string of the molecule is CC1=C(C)N(c2ccc(-c3nc4ccccc4n3C)c(N)c2)C(C)=C(C)N1C. The minimum atomic E-state index is 0.728. The molecule has 4 rings (SSSR count). The zero-order chi connectivity index (χ0) is 20.2. The van der Waals surface area contributed by atoms with E-state index >= 15 is 0 Å². The van der Waals surface area contributed by atoms with Gasteiger partial charge < -0.3 is 20.1 Å². The summed E-state index contributed by atoms with van der Waals surface area (Å²) in [6.07, 6.45) is 0. The third-order valence-corrected chi connectivity index (χ3v) is 6.05. The van der Waals surface area contributed by atoms with Gasteiger partial charge in [0.1, 0.15) is 5.82 Å². The molecule has 0 bridgehead atoms. The van der Waals surface area contributed by atoms with Crippen molar-refractivity contribution in [3.63, 3.8) is 0 Å². The summed E-state index contributed by atoms with van der Waals surface area (Å²) in [5.74, 6) is 0.885. The fourth-order valence-electron chi connectivity index (χ4n) is 3.98. The minimum Gasteiger partial charge on any atom is -0.398 e. The molecule has 0 saturated heterocycles. The van der Waals surface area contributed by atoms with E-state index in [1.165, 1.54) is 22.8 Å². The highest BCUT2D eigenvalue weighted by Crippen LogP contribution is 2.37. The first-order valence-electron chi connectivity index (χ1n) is 9.51. The first-order chi connectivity index (χ1) is 13.3. The molecule has 0 atom stereocenters. The monoisotopic (exact) mass is 373 g/mol. The zero-order valence-corrected chi connectivity index (χ0v) is 17.4. The maximum absolute atomic E-state index is 6.52. The molecule has 0 fully saturated rings. The predicted octanol–water partition coefficient (Wildman–Crippen LogP) is 5.08. The number of anilines is 2. The summed E-state index contributed by atoms with van der Waals surface area (Å²) in [6, 6.07) is 14.4. The van der Waals surface area contributed by atoms with Crippen molar-refractivity contribution >= 4 is 22.4 Å². The van der Waals surface area contributed by atoms with Gasteiger partial charge >= 0.3 is 0 Å². The van der Waals surface area contributed by atoms with Gasteiger partial charge in [0.15, 0.2) is 0 Å². The molecule has 2 N–H and O–H groups in total. The molecule has 5 heteroatoms. The summed E-state index contributed by atoms with van der Waals surface area (Å²) in [5.41, 5.74) is 16.2. The van der Waals surface area contributed by atoms with Crippen molar-refractivity contribution in [1.82, 2.24) is 14.5 Å². The van der Waals surface area contributed by atoms with Crippen LogP contribution in [0.25, 0.3) is 22.4 Å². The number of allylic oxidation sites excluding steroid dienone is 4. The Morgan fingerprint density at radius 1 is 0.821 bits per heavy atom. The van der Waals surface area contributed by atoms with Crippen LogP contribution < -0.4 is 10.6 Å². The zero-order valence-electron chi connectivity index (χ0n) is 17.4. The summed E-state index contributed by atoms with van der Waals surface area (Å²) in [4.78, 5) is 9.31. The molecule has 1 aromatic heterocycles. The number of benzene rings is 2. The fraction of sp³-hybridized carbons (Fsp3) is 0.261. The Morgan fingerprint density at radius 3 is 2.07 bits per heavy atom. The fourth-order valence-corrected chi connectivity index (χ4v) is 3.98. The van der Waals surface area contributed by atoms with Crippen LogP contribution in [0, 0.1) is 0 Å². The highest BCUT2D eigenvalue weighted by Gasteiger charge is 2.24. The van der Waals surface area contributed by atoms with Gasteiger partial charge in [-0.05, 0) is 58.0 Å². The number of nitrogen functional groups attached to an aromatic ring is 1. The molecular formula is C23H27N5. The molecule has 2 heterocycles. The average Bonchev–Trinajstić information content (AvgIpc) is 3.02. The van der Waals surface area contributed by atoms with Crippen LogP contribution in [-0.2, 0) is 7.05 Å². The highest BCUT2D eigenvalue weighted by molar-refractivity contribution is 5.85. The quantitative estimate of drug-likeness (QED) is 0.637. The van der Waals surface area contributed by atoms with E-state index in [9.17, 15) is 0 Å². The number of nitrogens with two attached hydrogens (primary N) is 1. The van der Waals surface area contributed by atoms with Crippen molar-refractivity contribution < 1.29 is 0 Å². The molecule has 0 unspecified atom stereocenters. The van der Waals surface area contributed by atoms with E-state index in [-0.39, 0.29) is 0 Å². The van der Waals surface area contributed by atoms with Gasteiger partial charge in [0, 0.05) is 53.8 Å². The Hall–Kier alpha value is -3.21. The lowest BCUT2D eigenvalue weighted by Crippen LogP contribution is -2.32. The molecule has 0 aliphatic carbocycles. The molecular weight excluding hydrogens is 346 g/mol. The topological polar surface area (TPSA) is 50.3 Å². The standard InChI is InChI=1S/C23H27N5/c1-14-16(3)28(17(4)15(2)26(14)5)18-11-12-19(20(24)13-18)23-25-21-9-7-8-10-22(21)27(23)6/h7-13H,24H2,1-6H3. The number of hydrogen-bond donors (Lipinski definition) is 1. The number of para-hydroxylation sites is 2. The van der Waals surface area contributed by atoms with Crippen molar-refractivity contribution in [2.45, 2.75) is 27.7 Å². The average molecular weight is 374 g/mol. The maximum Gasteiger partial charge on any atom is 0.142 e. The van der Waals surface area contributed by atoms with Crippen molar-refractivity contribution in [3.8, 4) is 11.4 Å². The lowest BCUT2D eigenvalue weighted by atomic mass is 10.1. The molecule has 1 aliphatic rings. The number of nitrogens with zero attached hydrogens (tertiary/aromatic N) is 4. The number of rotatable bonds is 2. The molecule has 5 nitrogen and oxygen atoms in total. The van der Waals surface area contributed by atoms with Crippen molar-refractivity contribution in [2.75, 3.05) is 17.7 Å². The summed E-state index contributed by atoms with van der Waals surface area (Å²) in [6.45, 7) is 8.60. The van der Waals surface area contributed by atoms with Crippen LogP contribution in [0.3, 0.4) is 0 Å². The smallest absolute Gasteiger partial charge is 0.142 e. The second-order valence-electron chi connectivity index (χ2n) is 7.49. The van der Waals surface area contributed by atoms with E-state index in [1.54, 1.807) is 0 Å². The minimum absolute atomic E-state index is 0.728. The molecule has 144 valence electrons. The van der Waals surface area contributed by atoms with Gasteiger partial charge in [-0.1, -0.05) is 12.1 Å². The van der Waals surface area contributed by atoms with Gasteiger partial charge in [0.2, 0.25) is 0 Å². The van der Waals surface area contributed by atoms with Gasteiger partial charge in [0.05, 0.1) is 11.0 Å². The highest BCUT2D eigenvalue weighted by atomic mass is 15.3. The molecule has 2 aromatic carbocycles. The van der Waals surface area contributed by atoms with E-state index in [1.807, 2.05) is 31.3 Å². The van der Waals surface area contributed by atoms with Gasteiger partial charge in [-0.3, -0.25) is 0 Å². The molecule has 0 radical (unpaired) electrons. The first kappa shape index (κ1) is 18.2. The lowest BCUT2D eigenvalue weighted by molar-refractivity contribution is 0.490. The molecule has 0 saturated carbocycles. The van der Waals surface area contributed by atoms with Crippen LogP contribution in [0.2, 0.25) is 0 Å². The maximum atomic E-state index is 6.52. The molecule has 1 aliphatic heterocycles. The summed E-state index contributed by atoms with van der Waals surface area (Å²) in [5, 5.41) is 0. The van der Waals surface area contributed by atoms with Gasteiger partial charge in [-0.2, -0.15) is 0 Å². The Labute approximate surface area is 166 Å². The van der Waals surface area contributed by atoms with Gasteiger partial charge in [-0.15, -0.1) is 0 Å².